The molecule has 0 saturated carbocycles. The number of anilines is 1. The summed E-state index contributed by atoms with van der Waals surface area (Å²) in [6, 6.07) is 7.79. The molecule has 1 aromatic rings. The van der Waals surface area contributed by atoms with E-state index in [0.29, 0.717) is 0 Å². The first-order valence-corrected chi connectivity index (χ1v) is 7.91. The molecule has 0 unspecified atom stereocenters. The van der Waals surface area contributed by atoms with Crippen molar-refractivity contribution in [3.8, 4) is 0 Å². The quantitative estimate of drug-likeness (QED) is 0.873. The molecule has 3 rings (SSSR count). The molecule has 1 amide bonds. The van der Waals surface area contributed by atoms with Crippen molar-refractivity contribution >= 4 is 36.4 Å². The molecule has 2 aliphatic heterocycles. The molecule has 2 fully saturated rings. The minimum atomic E-state index is 0. The smallest absolute Gasteiger partial charge is 0.251 e. The number of hydrogen-bond donors (Lipinski definition) is 1. The number of benzene rings is 1. The molecule has 0 spiro atoms. The van der Waals surface area contributed by atoms with Crippen LogP contribution in [0.2, 0.25) is 0 Å². The van der Waals surface area contributed by atoms with Gasteiger partial charge in [-0.25, -0.2) is 0 Å². The highest BCUT2D eigenvalue weighted by atomic mass is 35.5. The van der Waals surface area contributed by atoms with E-state index in [1.54, 1.807) is 0 Å². The first-order valence-electron chi connectivity index (χ1n) is 7.91. The van der Waals surface area contributed by atoms with Gasteiger partial charge in [0.25, 0.3) is 5.91 Å². The van der Waals surface area contributed by atoms with Crippen molar-refractivity contribution in [3.05, 3.63) is 29.8 Å². The predicted octanol–water partition coefficient (Wildman–Crippen LogP) is 2.13. The van der Waals surface area contributed by atoms with Gasteiger partial charge in [-0.1, -0.05) is 0 Å². The Morgan fingerprint density at radius 3 is 2.17 bits per heavy atom. The maximum absolute atomic E-state index is 12.3. The average molecular weight is 378 g/mol. The summed E-state index contributed by atoms with van der Waals surface area (Å²) in [5.74, 6) is 0.0495. The Morgan fingerprint density at radius 1 is 1.12 bits per heavy atom. The van der Waals surface area contributed by atoms with E-state index in [2.05, 4.69) is 10.2 Å². The maximum atomic E-state index is 12.3. The highest BCUT2D eigenvalue weighted by Crippen LogP contribution is 2.38. The van der Waals surface area contributed by atoms with Crippen LogP contribution in [0.15, 0.2) is 24.3 Å². The normalized spacial score (nSPS) is 17.8. The Labute approximate surface area is 156 Å². The molecular weight excluding hydrogens is 349 g/mol. The van der Waals surface area contributed by atoms with Gasteiger partial charge >= 0.3 is 0 Å². The summed E-state index contributed by atoms with van der Waals surface area (Å²) in [7, 11) is 4.01. The van der Waals surface area contributed by atoms with Crippen LogP contribution >= 0.6 is 24.8 Å². The summed E-state index contributed by atoms with van der Waals surface area (Å²) in [5, 5.41) is 3.16. The van der Waals surface area contributed by atoms with Gasteiger partial charge in [-0.05, 0) is 63.0 Å². The zero-order valence-electron chi connectivity index (χ0n) is 14.4. The fourth-order valence-corrected chi connectivity index (χ4v) is 3.77. The number of hydrogen-bond acceptors (Lipinski definition) is 3. The lowest BCUT2D eigenvalue weighted by molar-refractivity contribution is 0.0919. The Balaban J connectivity index is 0.00000176. The molecule has 0 aromatic heterocycles. The summed E-state index contributed by atoms with van der Waals surface area (Å²) in [6.45, 7) is 3.20. The average Bonchev–Trinajstić information content (AvgIpc) is 3.04. The number of nitrogens with one attached hydrogen (secondary N) is 1. The van der Waals surface area contributed by atoms with Crippen molar-refractivity contribution in [2.45, 2.75) is 31.2 Å². The number of carbonyl (C=O) groups excluding carboxylic acids is 1. The van der Waals surface area contributed by atoms with Gasteiger partial charge in [0.05, 0.1) is 0 Å². The van der Waals surface area contributed by atoms with Crippen LogP contribution in [-0.2, 0) is 0 Å². The lowest BCUT2D eigenvalue weighted by atomic mass is 9.94. The van der Waals surface area contributed by atoms with E-state index in [1.165, 1.54) is 38.8 Å². The Hall–Kier alpha value is -1.01. The minimum absolute atomic E-state index is 0. The molecule has 2 heterocycles. The van der Waals surface area contributed by atoms with Crippen LogP contribution in [0.1, 0.15) is 36.0 Å². The minimum Gasteiger partial charge on any atom is -0.412 e. The molecule has 7 heteroatoms. The van der Waals surface area contributed by atoms with Crippen LogP contribution in [0, 0.1) is 0 Å². The fourth-order valence-electron chi connectivity index (χ4n) is 3.77. The van der Waals surface area contributed by atoms with E-state index >= 15 is 0 Å². The first-order chi connectivity index (χ1) is 10.1. The monoisotopic (exact) mass is 377 g/mol. The van der Waals surface area contributed by atoms with Gasteiger partial charge in [0.2, 0.25) is 0 Å². The molecule has 0 atom stereocenters. The molecule has 0 radical (unpaired) electrons. The Morgan fingerprint density at radius 2 is 1.67 bits per heavy atom. The molecule has 3 N–H and O–H groups in total. The zero-order chi connectivity index (χ0) is 14.9. The fraction of sp³-hybridized carbons (Fsp3) is 0.588. The van der Waals surface area contributed by atoms with Gasteiger partial charge in [-0.2, -0.15) is 0 Å². The second-order valence-corrected chi connectivity index (χ2v) is 6.54. The third-order valence-electron chi connectivity index (χ3n) is 5.04. The lowest BCUT2D eigenvalue weighted by Gasteiger charge is -2.32. The van der Waals surface area contributed by atoms with E-state index in [9.17, 15) is 4.79 Å². The van der Waals surface area contributed by atoms with Crippen molar-refractivity contribution < 1.29 is 10.3 Å². The predicted molar refractivity (Wildman–Crippen MR) is 104 cm³/mol. The Kier molecular flexibility index (Phi) is 9.07. The van der Waals surface area contributed by atoms with Crippen molar-refractivity contribution in [3.63, 3.8) is 0 Å². The summed E-state index contributed by atoms with van der Waals surface area (Å²) >= 11 is 0. The number of carbonyl (C=O) groups is 1. The zero-order valence-corrected chi connectivity index (χ0v) is 16.0. The van der Waals surface area contributed by atoms with E-state index in [4.69, 9.17) is 0 Å². The van der Waals surface area contributed by atoms with Crippen LogP contribution in [0.25, 0.3) is 0 Å². The highest BCUT2D eigenvalue weighted by Gasteiger charge is 2.44. The van der Waals surface area contributed by atoms with Gasteiger partial charge in [0, 0.05) is 37.4 Å². The molecule has 5 nitrogen and oxygen atoms in total. The van der Waals surface area contributed by atoms with Gasteiger partial charge in [-0.3, -0.25) is 9.69 Å². The summed E-state index contributed by atoms with van der Waals surface area (Å²) in [6.07, 6.45) is 5.00. The molecular formula is C17H29Cl2N3O2. The van der Waals surface area contributed by atoms with Gasteiger partial charge < -0.3 is 15.7 Å². The van der Waals surface area contributed by atoms with Crippen molar-refractivity contribution in [2.75, 3.05) is 38.6 Å². The van der Waals surface area contributed by atoms with Gasteiger partial charge in [-0.15, -0.1) is 24.8 Å². The SMILES string of the molecule is CN(C)c1ccc(C(=O)NCC23CCCN2CCC3)cc1.Cl.Cl.O. The molecule has 2 saturated heterocycles. The standard InChI is InChI=1S/C17H25N3O.2ClH.H2O/c1-19(2)15-7-5-14(6-8-15)16(21)18-13-17-9-3-11-20(17)12-4-10-17;;;/h5-8H,3-4,9-13H2,1-2H3,(H,18,21);2*1H;1H2. The van der Waals surface area contributed by atoms with Crippen molar-refractivity contribution in [1.29, 1.82) is 0 Å². The molecule has 2 aliphatic rings. The molecule has 0 bridgehead atoms. The van der Waals surface area contributed by atoms with Gasteiger partial charge in [0.1, 0.15) is 0 Å². The van der Waals surface area contributed by atoms with Crippen LogP contribution < -0.4 is 10.2 Å². The maximum Gasteiger partial charge on any atom is 0.251 e. The summed E-state index contributed by atoms with van der Waals surface area (Å²) < 4.78 is 0. The van der Waals surface area contributed by atoms with E-state index in [-0.39, 0.29) is 41.7 Å². The van der Waals surface area contributed by atoms with Crippen LogP contribution in [-0.4, -0.2) is 55.6 Å². The highest BCUT2D eigenvalue weighted by molar-refractivity contribution is 5.94. The Bertz CT molecular complexity index is 513. The number of fused-ring (bicyclic) bond motifs is 1. The number of amides is 1. The van der Waals surface area contributed by atoms with Gasteiger partial charge in [0.15, 0.2) is 0 Å². The van der Waals surface area contributed by atoms with Crippen LogP contribution in [0.5, 0.6) is 0 Å². The molecule has 0 aliphatic carbocycles. The number of halogens is 2. The molecule has 138 valence electrons. The van der Waals surface area contributed by atoms with Crippen LogP contribution in [0.4, 0.5) is 5.69 Å². The van der Waals surface area contributed by atoms with E-state index in [1.807, 2.05) is 43.3 Å². The second-order valence-electron chi connectivity index (χ2n) is 6.54. The largest absolute Gasteiger partial charge is 0.412 e. The third-order valence-corrected chi connectivity index (χ3v) is 5.04. The van der Waals surface area contributed by atoms with Crippen molar-refractivity contribution in [2.24, 2.45) is 0 Å². The third kappa shape index (κ3) is 4.54. The van der Waals surface area contributed by atoms with Crippen molar-refractivity contribution in [1.82, 2.24) is 10.2 Å². The van der Waals surface area contributed by atoms with E-state index < -0.39 is 0 Å². The second kappa shape index (κ2) is 9.47. The molecule has 24 heavy (non-hydrogen) atoms. The number of nitrogens with zero attached hydrogens (tertiary/aromatic N) is 2. The lowest BCUT2D eigenvalue weighted by Crippen LogP contribution is -2.48. The molecule has 1 aromatic carbocycles. The number of rotatable bonds is 4. The summed E-state index contributed by atoms with van der Waals surface area (Å²) in [5.41, 5.74) is 2.11. The first kappa shape index (κ1) is 23.0. The van der Waals surface area contributed by atoms with E-state index in [0.717, 1.165) is 17.8 Å². The summed E-state index contributed by atoms with van der Waals surface area (Å²) in [4.78, 5) is 16.9. The topological polar surface area (TPSA) is 67.1 Å². The van der Waals surface area contributed by atoms with Crippen LogP contribution in [0.3, 0.4) is 0 Å².